The van der Waals surface area contributed by atoms with Crippen molar-refractivity contribution in [3.63, 3.8) is 0 Å². The minimum Gasteiger partial charge on any atom is -0.264 e. The van der Waals surface area contributed by atoms with Gasteiger partial charge in [0.25, 0.3) is 0 Å². The van der Waals surface area contributed by atoms with E-state index >= 15 is 0 Å². The van der Waals surface area contributed by atoms with Crippen molar-refractivity contribution >= 4 is 12.4 Å². The second-order valence-electron chi connectivity index (χ2n) is 2.61. The topological polar surface area (TPSA) is 12.9 Å². The number of nitrogens with zero attached hydrogens (tertiary/aromatic N) is 1. The van der Waals surface area contributed by atoms with Crippen molar-refractivity contribution in [2.24, 2.45) is 0 Å². The largest absolute Gasteiger partial charge is 0.264 e. The molecule has 0 aliphatic heterocycles. The number of hydrogen-bond donors (Lipinski definition) is 0. The van der Waals surface area contributed by atoms with Crippen molar-refractivity contribution in [2.45, 2.75) is 0 Å². The molecule has 1 aromatic heterocycles. The number of pyridine rings is 1. The molecule has 0 aliphatic rings. The van der Waals surface area contributed by atoms with E-state index in [4.69, 9.17) is 0 Å². The lowest BCUT2D eigenvalue weighted by atomic mass is 10.1. The molecule has 0 amide bonds. The molecule has 0 fully saturated rings. The average molecular weight is 192 g/mol. The van der Waals surface area contributed by atoms with Crippen molar-refractivity contribution < 1.29 is 0 Å². The van der Waals surface area contributed by atoms with Crippen molar-refractivity contribution in [1.82, 2.24) is 4.98 Å². The van der Waals surface area contributed by atoms with Gasteiger partial charge < -0.3 is 0 Å². The normalized spacial score (nSPS) is 8.92. The molecule has 0 radical (unpaired) electrons. The summed E-state index contributed by atoms with van der Waals surface area (Å²) in [5.41, 5.74) is 2.38. The lowest BCUT2D eigenvalue weighted by molar-refractivity contribution is 1.33. The molecule has 0 atom stereocenters. The van der Waals surface area contributed by atoms with Gasteiger partial charge >= 0.3 is 0 Å². The van der Waals surface area contributed by atoms with Gasteiger partial charge in [0.15, 0.2) is 0 Å². The van der Waals surface area contributed by atoms with Crippen LogP contribution >= 0.6 is 12.4 Å². The highest BCUT2D eigenvalue weighted by molar-refractivity contribution is 5.85. The molecule has 0 saturated heterocycles. The van der Waals surface area contributed by atoms with Gasteiger partial charge in [0.05, 0.1) is 0 Å². The van der Waals surface area contributed by atoms with E-state index in [1.807, 2.05) is 30.5 Å². The maximum Gasteiger partial charge on any atom is 0.0346 e. The Balaban J connectivity index is 0.000000845. The average Bonchev–Trinajstić information content (AvgIpc) is 2.21. The molecule has 1 nitrogen and oxygen atoms in total. The molecule has 2 heteroatoms. The van der Waals surface area contributed by atoms with Gasteiger partial charge in [-0.15, -0.1) is 12.4 Å². The van der Waals surface area contributed by atoms with E-state index in [1.54, 1.807) is 6.20 Å². The smallest absolute Gasteiger partial charge is 0.0346 e. The third kappa shape index (κ3) is 2.30. The Morgan fingerprint density at radius 3 is 2.08 bits per heavy atom. The van der Waals surface area contributed by atoms with Crippen molar-refractivity contribution in [2.75, 3.05) is 0 Å². The van der Waals surface area contributed by atoms with Crippen LogP contribution in [0.1, 0.15) is 0 Å². The predicted molar refractivity (Wildman–Crippen MR) is 56.9 cm³/mol. The molecular weight excluding hydrogens is 182 g/mol. The van der Waals surface area contributed by atoms with Gasteiger partial charge in [0.1, 0.15) is 0 Å². The van der Waals surface area contributed by atoms with Crippen molar-refractivity contribution in [1.29, 1.82) is 0 Å². The van der Waals surface area contributed by atoms with Crippen LogP contribution in [0.3, 0.4) is 0 Å². The Kier molecular flexibility index (Phi) is 3.47. The fraction of sp³-hybridized carbons (Fsp3) is 0. The first kappa shape index (κ1) is 9.75. The summed E-state index contributed by atoms with van der Waals surface area (Å²) >= 11 is 0. The molecule has 1 aromatic carbocycles. The minimum absolute atomic E-state index is 0. The molecule has 13 heavy (non-hydrogen) atoms. The standard InChI is InChI=1S/C11H9N.ClH/c1-2-5-10(6-3-1)11-7-4-8-12-9-11;/h1-9H;1H. The minimum atomic E-state index is 0. The van der Waals surface area contributed by atoms with E-state index < -0.39 is 0 Å². The molecule has 0 bridgehead atoms. The Morgan fingerprint density at radius 2 is 1.46 bits per heavy atom. The summed E-state index contributed by atoms with van der Waals surface area (Å²) in [7, 11) is 0. The lowest BCUT2D eigenvalue weighted by Crippen LogP contribution is -1.76. The van der Waals surface area contributed by atoms with Gasteiger partial charge in [-0.25, -0.2) is 0 Å². The monoisotopic (exact) mass is 191 g/mol. The van der Waals surface area contributed by atoms with Crippen LogP contribution in [0, 0.1) is 0 Å². The summed E-state index contributed by atoms with van der Waals surface area (Å²) in [6.45, 7) is 0. The molecule has 0 unspecified atom stereocenters. The maximum atomic E-state index is 4.06. The molecule has 66 valence electrons. The number of aromatic nitrogens is 1. The van der Waals surface area contributed by atoms with Crippen LogP contribution in [0.15, 0.2) is 54.9 Å². The second-order valence-corrected chi connectivity index (χ2v) is 2.61. The zero-order chi connectivity index (χ0) is 8.23. The first-order valence-corrected chi connectivity index (χ1v) is 3.92. The molecule has 0 spiro atoms. The SMILES string of the molecule is Cl.c1ccc(-c2cccnc2)cc1. The fourth-order valence-electron chi connectivity index (χ4n) is 1.16. The fourth-order valence-corrected chi connectivity index (χ4v) is 1.16. The van der Waals surface area contributed by atoms with Gasteiger partial charge in [-0.2, -0.15) is 0 Å². The third-order valence-electron chi connectivity index (χ3n) is 1.77. The van der Waals surface area contributed by atoms with E-state index in [1.165, 1.54) is 5.56 Å². The van der Waals surface area contributed by atoms with E-state index in [0.717, 1.165) is 5.56 Å². The number of halogens is 1. The zero-order valence-corrected chi connectivity index (χ0v) is 7.87. The third-order valence-corrected chi connectivity index (χ3v) is 1.77. The summed E-state index contributed by atoms with van der Waals surface area (Å²) in [4.78, 5) is 4.06. The summed E-state index contributed by atoms with van der Waals surface area (Å²) in [6.07, 6.45) is 3.65. The van der Waals surface area contributed by atoms with Gasteiger partial charge in [-0.1, -0.05) is 36.4 Å². The number of rotatable bonds is 1. The Labute approximate surface area is 83.9 Å². The molecule has 0 aliphatic carbocycles. The van der Waals surface area contributed by atoms with Gasteiger partial charge in [-0.3, -0.25) is 4.98 Å². The highest BCUT2D eigenvalue weighted by Crippen LogP contribution is 2.16. The van der Waals surface area contributed by atoms with E-state index in [9.17, 15) is 0 Å². The van der Waals surface area contributed by atoms with Crippen molar-refractivity contribution in [3.8, 4) is 11.1 Å². The summed E-state index contributed by atoms with van der Waals surface area (Å²) in [5.74, 6) is 0. The first-order valence-electron chi connectivity index (χ1n) is 3.92. The Bertz CT molecular complexity index is 307. The summed E-state index contributed by atoms with van der Waals surface area (Å²) in [6, 6.07) is 14.2. The van der Waals surface area contributed by atoms with E-state index in [-0.39, 0.29) is 12.4 Å². The maximum absolute atomic E-state index is 4.06. The Hall–Kier alpha value is -1.34. The van der Waals surface area contributed by atoms with Gasteiger partial charge in [0, 0.05) is 12.4 Å². The van der Waals surface area contributed by atoms with Crippen LogP contribution < -0.4 is 0 Å². The molecule has 2 rings (SSSR count). The van der Waals surface area contributed by atoms with Crippen LogP contribution in [0.4, 0.5) is 0 Å². The molecule has 0 N–H and O–H groups in total. The zero-order valence-electron chi connectivity index (χ0n) is 7.05. The van der Waals surface area contributed by atoms with Crippen LogP contribution in [-0.4, -0.2) is 4.98 Å². The van der Waals surface area contributed by atoms with Gasteiger partial charge in [-0.05, 0) is 17.2 Å². The van der Waals surface area contributed by atoms with Crippen LogP contribution in [0.25, 0.3) is 11.1 Å². The lowest BCUT2D eigenvalue weighted by Gasteiger charge is -1.97. The quantitative estimate of drug-likeness (QED) is 0.675. The highest BCUT2D eigenvalue weighted by atomic mass is 35.5. The highest BCUT2D eigenvalue weighted by Gasteiger charge is 1.92. The number of benzene rings is 1. The predicted octanol–water partition coefficient (Wildman–Crippen LogP) is 3.17. The van der Waals surface area contributed by atoms with E-state index in [0.29, 0.717) is 0 Å². The summed E-state index contributed by atoms with van der Waals surface area (Å²) in [5, 5.41) is 0. The molecular formula is C11H10ClN. The van der Waals surface area contributed by atoms with Crippen molar-refractivity contribution in [3.05, 3.63) is 54.9 Å². The Morgan fingerprint density at radius 1 is 0.769 bits per heavy atom. The first-order chi connectivity index (χ1) is 5.97. The second kappa shape index (κ2) is 4.63. The van der Waals surface area contributed by atoms with Crippen LogP contribution in [0.2, 0.25) is 0 Å². The van der Waals surface area contributed by atoms with Crippen LogP contribution in [0.5, 0.6) is 0 Å². The van der Waals surface area contributed by atoms with Crippen LogP contribution in [-0.2, 0) is 0 Å². The molecule has 1 heterocycles. The van der Waals surface area contributed by atoms with E-state index in [2.05, 4.69) is 23.2 Å². The molecule has 2 aromatic rings. The number of hydrogen-bond acceptors (Lipinski definition) is 1. The molecule has 0 saturated carbocycles. The van der Waals surface area contributed by atoms with Gasteiger partial charge in [0.2, 0.25) is 0 Å². The summed E-state index contributed by atoms with van der Waals surface area (Å²) < 4.78 is 0.